The number of benzene rings is 2. The second-order valence-corrected chi connectivity index (χ2v) is 5.65. The normalized spacial score (nSPS) is 12.3. The van der Waals surface area contributed by atoms with Gasteiger partial charge in [-0.25, -0.2) is 4.39 Å². The van der Waals surface area contributed by atoms with Crippen molar-refractivity contribution >= 4 is 16.5 Å². The van der Waals surface area contributed by atoms with Crippen molar-refractivity contribution in [3.63, 3.8) is 0 Å². The van der Waals surface area contributed by atoms with Gasteiger partial charge in [-0.15, -0.1) is 0 Å². The van der Waals surface area contributed by atoms with Gasteiger partial charge in [0.15, 0.2) is 0 Å². The van der Waals surface area contributed by atoms with Crippen LogP contribution in [-0.4, -0.2) is 4.21 Å². The number of nitrogen functional groups attached to an aromatic ring is 1. The zero-order valence-corrected chi connectivity index (χ0v) is 10.8. The maximum absolute atomic E-state index is 13.2. The van der Waals surface area contributed by atoms with E-state index in [4.69, 9.17) is 5.73 Å². The van der Waals surface area contributed by atoms with Gasteiger partial charge in [0, 0.05) is 10.6 Å². The Morgan fingerprint density at radius 3 is 2.67 bits per heavy atom. The molecule has 0 radical (unpaired) electrons. The zero-order valence-electron chi connectivity index (χ0n) is 10.0. The van der Waals surface area contributed by atoms with E-state index >= 15 is 0 Å². The number of rotatable bonds is 3. The van der Waals surface area contributed by atoms with Crippen molar-refractivity contribution in [2.24, 2.45) is 0 Å². The van der Waals surface area contributed by atoms with E-state index in [1.165, 1.54) is 12.1 Å². The van der Waals surface area contributed by atoms with E-state index in [1.807, 2.05) is 31.2 Å². The molecule has 0 saturated carbocycles. The van der Waals surface area contributed by atoms with E-state index in [1.54, 1.807) is 6.07 Å². The van der Waals surface area contributed by atoms with Crippen LogP contribution >= 0.6 is 0 Å². The monoisotopic (exact) mass is 263 g/mol. The number of aryl methyl sites for hydroxylation is 1. The van der Waals surface area contributed by atoms with Crippen molar-refractivity contribution < 1.29 is 8.60 Å². The summed E-state index contributed by atoms with van der Waals surface area (Å²) in [6.45, 7) is 1.95. The van der Waals surface area contributed by atoms with E-state index < -0.39 is 16.6 Å². The molecule has 2 N–H and O–H groups in total. The predicted octanol–water partition coefficient (Wildman–Crippen LogP) is 3.02. The zero-order chi connectivity index (χ0) is 13.1. The highest BCUT2D eigenvalue weighted by Gasteiger charge is 2.07. The molecule has 2 aromatic carbocycles. The average molecular weight is 263 g/mol. The van der Waals surface area contributed by atoms with Crippen LogP contribution in [0.5, 0.6) is 0 Å². The highest BCUT2D eigenvalue weighted by molar-refractivity contribution is 7.84. The lowest BCUT2D eigenvalue weighted by Gasteiger charge is -2.05. The van der Waals surface area contributed by atoms with E-state index in [0.29, 0.717) is 11.3 Å². The van der Waals surface area contributed by atoms with Crippen LogP contribution in [0.15, 0.2) is 47.4 Å². The van der Waals surface area contributed by atoms with Gasteiger partial charge in [0.25, 0.3) is 0 Å². The molecular weight excluding hydrogens is 249 g/mol. The molecule has 18 heavy (non-hydrogen) atoms. The quantitative estimate of drug-likeness (QED) is 0.865. The van der Waals surface area contributed by atoms with Gasteiger partial charge in [-0.2, -0.15) is 0 Å². The summed E-state index contributed by atoms with van der Waals surface area (Å²) in [6.07, 6.45) is 0. The molecule has 0 spiro atoms. The summed E-state index contributed by atoms with van der Waals surface area (Å²) in [6, 6.07) is 11.8. The fraction of sp³-hybridized carbons (Fsp3) is 0.143. The van der Waals surface area contributed by atoms with E-state index in [2.05, 4.69) is 0 Å². The molecule has 4 heteroatoms. The fourth-order valence-corrected chi connectivity index (χ4v) is 2.93. The van der Waals surface area contributed by atoms with E-state index in [9.17, 15) is 8.60 Å². The summed E-state index contributed by atoms with van der Waals surface area (Å²) in [5.41, 5.74) is 7.61. The number of anilines is 1. The van der Waals surface area contributed by atoms with Crippen molar-refractivity contribution in [1.82, 2.24) is 0 Å². The molecule has 0 heterocycles. The fourth-order valence-electron chi connectivity index (χ4n) is 1.75. The van der Waals surface area contributed by atoms with Gasteiger partial charge in [-0.05, 0) is 48.4 Å². The minimum Gasteiger partial charge on any atom is -0.399 e. The number of nitrogens with two attached hydrogens (primary N) is 1. The van der Waals surface area contributed by atoms with Gasteiger partial charge in [-0.1, -0.05) is 12.1 Å². The molecule has 0 bridgehead atoms. The minimum atomic E-state index is -1.18. The van der Waals surface area contributed by atoms with E-state index in [-0.39, 0.29) is 5.75 Å². The molecule has 2 rings (SSSR count). The lowest BCUT2D eigenvalue weighted by atomic mass is 10.2. The lowest BCUT2D eigenvalue weighted by molar-refractivity contribution is 0.627. The van der Waals surface area contributed by atoms with Gasteiger partial charge in [0.1, 0.15) is 5.82 Å². The van der Waals surface area contributed by atoms with Crippen LogP contribution in [0.25, 0.3) is 0 Å². The SMILES string of the molecule is Cc1cccc(S(=O)Cc2cc(N)cc(F)c2)c1. The standard InChI is InChI=1S/C14H14FNOS/c1-10-3-2-4-14(5-10)18(17)9-11-6-12(15)8-13(16)7-11/h2-8H,9,16H2,1H3. The van der Waals surface area contributed by atoms with Crippen LogP contribution in [0.3, 0.4) is 0 Å². The summed E-state index contributed by atoms with van der Waals surface area (Å²) in [5.74, 6) is -0.128. The molecular formula is C14H14FNOS. The van der Waals surface area contributed by atoms with Gasteiger partial charge < -0.3 is 5.73 Å². The molecule has 1 atom stereocenters. The summed E-state index contributed by atoms with van der Waals surface area (Å²) in [4.78, 5) is 0.748. The summed E-state index contributed by atoms with van der Waals surface area (Å²) in [5, 5.41) is 0. The van der Waals surface area contributed by atoms with Crippen LogP contribution in [0.4, 0.5) is 10.1 Å². The topological polar surface area (TPSA) is 43.1 Å². The molecule has 0 aliphatic rings. The first-order valence-corrected chi connectivity index (χ1v) is 6.86. The summed E-state index contributed by atoms with van der Waals surface area (Å²) < 4.78 is 25.3. The molecule has 0 aromatic heterocycles. The summed E-state index contributed by atoms with van der Waals surface area (Å²) >= 11 is 0. The molecule has 0 aliphatic carbocycles. The van der Waals surface area contributed by atoms with Gasteiger partial charge >= 0.3 is 0 Å². The minimum absolute atomic E-state index is 0.269. The van der Waals surface area contributed by atoms with Crippen molar-refractivity contribution in [2.75, 3.05) is 5.73 Å². The molecule has 2 nitrogen and oxygen atoms in total. The molecule has 0 aliphatic heterocycles. The second-order valence-electron chi connectivity index (χ2n) is 4.20. The third-order valence-corrected chi connectivity index (χ3v) is 3.91. The van der Waals surface area contributed by atoms with Crippen LogP contribution in [0.2, 0.25) is 0 Å². The molecule has 2 aromatic rings. The van der Waals surface area contributed by atoms with Crippen molar-refractivity contribution in [2.45, 2.75) is 17.6 Å². The Balaban J connectivity index is 2.21. The maximum atomic E-state index is 13.2. The molecule has 0 amide bonds. The first kappa shape index (κ1) is 12.8. The van der Waals surface area contributed by atoms with Gasteiger partial charge in [0.05, 0.1) is 16.6 Å². The molecule has 1 unspecified atom stereocenters. The van der Waals surface area contributed by atoms with Crippen molar-refractivity contribution in [3.05, 3.63) is 59.4 Å². The Labute approximate surface area is 108 Å². The number of hydrogen-bond acceptors (Lipinski definition) is 2. The van der Waals surface area contributed by atoms with Crippen molar-refractivity contribution in [1.29, 1.82) is 0 Å². The Morgan fingerprint density at radius 1 is 1.22 bits per heavy atom. The first-order chi connectivity index (χ1) is 8.54. The predicted molar refractivity (Wildman–Crippen MR) is 72.1 cm³/mol. The lowest BCUT2D eigenvalue weighted by Crippen LogP contribution is -1.99. The van der Waals surface area contributed by atoms with Crippen LogP contribution in [0.1, 0.15) is 11.1 Å². The summed E-state index contributed by atoms with van der Waals surface area (Å²) in [7, 11) is -1.18. The first-order valence-electron chi connectivity index (χ1n) is 5.54. The Hall–Kier alpha value is -1.68. The Bertz CT molecular complexity index is 578. The average Bonchev–Trinajstić information content (AvgIpc) is 2.27. The van der Waals surface area contributed by atoms with Crippen molar-refractivity contribution in [3.8, 4) is 0 Å². The highest BCUT2D eigenvalue weighted by Crippen LogP contribution is 2.17. The second kappa shape index (κ2) is 5.31. The maximum Gasteiger partial charge on any atom is 0.125 e. The largest absolute Gasteiger partial charge is 0.399 e. The molecule has 0 fully saturated rings. The Morgan fingerprint density at radius 2 is 2.00 bits per heavy atom. The van der Waals surface area contributed by atoms with E-state index in [0.717, 1.165) is 10.5 Å². The van der Waals surface area contributed by atoms with Crippen LogP contribution in [-0.2, 0) is 16.6 Å². The van der Waals surface area contributed by atoms with Crippen LogP contribution < -0.4 is 5.73 Å². The smallest absolute Gasteiger partial charge is 0.125 e. The van der Waals surface area contributed by atoms with Gasteiger partial charge in [-0.3, -0.25) is 4.21 Å². The third kappa shape index (κ3) is 3.17. The number of hydrogen-bond donors (Lipinski definition) is 1. The highest BCUT2D eigenvalue weighted by atomic mass is 32.2. The van der Waals surface area contributed by atoms with Gasteiger partial charge in [0.2, 0.25) is 0 Å². The third-order valence-electron chi connectivity index (χ3n) is 2.53. The number of halogens is 1. The van der Waals surface area contributed by atoms with Crippen LogP contribution in [0, 0.1) is 12.7 Å². The molecule has 0 saturated heterocycles. The Kier molecular flexibility index (Phi) is 3.77. The molecule has 94 valence electrons.